The van der Waals surface area contributed by atoms with Gasteiger partial charge < -0.3 is 10.1 Å². The Morgan fingerprint density at radius 1 is 0.969 bits per heavy atom. The van der Waals surface area contributed by atoms with E-state index in [1.54, 1.807) is 30.7 Å². The largest absolute Gasteiger partial charge is 0.484 e. The molecule has 1 aromatic heterocycles. The number of aryl methyl sites for hydroxylation is 1. The standard InChI is InChI=1S/C21H17F6N3O2/c1-12-19(13(2)30(29-12)16-6-4-3-5-7-16)28-18(31)11-32-17-9-14(20(22,23)24)8-15(10-17)21(25,26)27/h3-10H,11H2,1-2H3,(H,28,31). The molecule has 11 heteroatoms. The van der Waals surface area contributed by atoms with Gasteiger partial charge in [0.25, 0.3) is 5.91 Å². The molecule has 1 N–H and O–H groups in total. The first-order valence-corrected chi connectivity index (χ1v) is 9.20. The summed E-state index contributed by atoms with van der Waals surface area (Å²) in [6.07, 6.45) is -10.0. The minimum Gasteiger partial charge on any atom is -0.484 e. The van der Waals surface area contributed by atoms with Crippen molar-refractivity contribution < 1.29 is 35.9 Å². The molecule has 0 radical (unpaired) electrons. The number of amides is 1. The first-order chi connectivity index (χ1) is 14.9. The summed E-state index contributed by atoms with van der Waals surface area (Å²) < 4.78 is 84.2. The van der Waals surface area contributed by atoms with Gasteiger partial charge in [0.1, 0.15) is 5.75 Å². The van der Waals surface area contributed by atoms with Crippen LogP contribution in [0.25, 0.3) is 5.69 Å². The Morgan fingerprint density at radius 3 is 2.06 bits per heavy atom. The molecular formula is C21H17F6N3O2. The number of nitrogens with zero attached hydrogens (tertiary/aromatic N) is 2. The van der Waals surface area contributed by atoms with Gasteiger partial charge in [-0.05, 0) is 44.2 Å². The topological polar surface area (TPSA) is 56.2 Å². The molecule has 0 fully saturated rings. The molecule has 1 amide bonds. The van der Waals surface area contributed by atoms with Crippen molar-refractivity contribution in [1.82, 2.24) is 9.78 Å². The minimum atomic E-state index is -5.01. The highest BCUT2D eigenvalue weighted by atomic mass is 19.4. The number of aromatic nitrogens is 2. The third-order valence-electron chi connectivity index (χ3n) is 4.49. The third kappa shape index (κ3) is 5.21. The number of nitrogens with one attached hydrogen (secondary N) is 1. The number of hydrogen-bond acceptors (Lipinski definition) is 3. The number of anilines is 1. The molecule has 1 heterocycles. The Bertz CT molecular complexity index is 1090. The van der Waals surface area contributed by atoms with Crippen molar-refractivity contribution in [3.05, 3.63) is 71.0 Å². The fourth-order valence-electron chi connectivity index (χ4n) is 2.98. The number of benzene rings is 2. The van der Waals surface area contributed by atoms with E-state index < -0.39 is 41.7 Å². The van der Waals surface area contributed by atoms with Crippen LogP contribution in [-0.2, 0) is 17.1 Å². The number of para-hydroxylation sites is 1. The summed E-state index contributed by atoms with van der Waals surface area (Å²) in [7, 11) is 0. The van der Waals surface area contributed by atoms with Gasteiger partial charge in [0.15, 0.2) is 6.61 Å². The molecule has 0 aliphatic heterocycles. The summed E-state index contributed by atoms with van der Waals surface area (Å²) in [4.78, 5) is 12.3. The Balaban J connectivity index is 1.77. The average Bonchev–Trinajstić information content (AvgIpc) is 2.99. The summed E-state index contributed by atoms with van der Waals surface area (Å²) in [6, 6.07) is 9.86. The quantitative estimate of drug-likeness (QED) is 0.512. The van der Waals surface area contributed by atoms with Crippen molar-refractivity contribution in [1.29, 1.82) is 0 Å². The highest BCUT2D eigenvalue weighted by Crippen LogP contribution is 2.38. The molecule has 3 aromatic rings. The molecule has 170 valence electrons. The van der Waals surface area contributed by atoms with Gasteiger partial charge in [-0.15, -0.1) is 0 Å². The van der Waals surface area contributed by atoms with Gasteiger partial charge in [-0.25, -0.2) is 4.68 Å². The molecule has 0 aliphatic carbocycles. The predicted octanol–water partition coefficient (Wildman–Crippen LogP) is 5.54. The van der Waals surface area contributed by atoms with Gasteiger partial charge >= 0.3 is 12.4 Å². The number of carbonyl (C=O) groups is 1. The molecule has 2 aromatic carbocycles. The van der Waals surface area contributed by atoms with E-state index in [0.29, 0.717) is 29.2 Å². The lowest BCUT2D eigenvalue weighted by Crippen LogP contribution is -2.21. The molecular weight excluding hydrogens is 440 g/mol. The van der Waals surface area contributed by atoms with Gasteiger partial charge in [-0.2, -0.15) is 31.4 Å². The smallest absolute Gasteiger partial charge is 0.416 e. The summed E-state index contributed by atoms with van der Waals surface area (Å²) in [5.41, 5.74) is -0.897. The fourth-order valence-corrected chi connectivity index (χ4v) is 2.98. The van der Waals surface area contributed by atoms with Crippen molar-refractivity contribution in [3.8, 4) is 11.4 Å². The van der Waals surface area contributed by atoms with Crippen LogP contribution in [0.5, 0.6) is 5.75 Å². The number of ether oxygens (including phenoxy) is 1. The van der Waals surface area contributed by atoms with E-state index in [0.717, 1.165) is 5.69 Å². The zero-order valence-electron chi connectivity index (χ0n) is 16.8. The number of hydrogen-bond donors (Lipinski definition) is 1. The van der Waals surface area contributed by atoms with Crippen molar-refractivity contribution >= 4 is 11.6 Å². The Kier molecular flexibility index (Phi) is 6.20. The van der Waals surface area contributed by atoms with E-state index in [1.807, 2.05) is 18.2 Å². The van der Waals surface area contributed by atoms with E-state index >= 15 is 0 Å². The Labute approximate surface area is 178 Å². The minimum absolute atomic E-state index is 0.0162. The van der Waals surface area contributed by atoms with Gasteiger partial charge in [-0.1, -0.05) is 18.2 Å². The monoisotopic (exact) mass is 457 g/mol. The number of carbonyl (C=O) groups excluding carboxylic acids is 1. The van der Waals surface area contributed by atoms with Crippen LogP contribution in [0.15, 0.2) is 48.5 Å². The molecule has 0 atom stereocenters. The molecule has 5 nitrogen and oxygen atoms in total. The SMILES string of the molecule is Cc1nn(-c2ccccc2)c(C)c1NC(=O)COc1cc(C(F)(F)F)cc(C(F)(F)F)c1. The highest BCUT2D eigenvalue weighted by molar-refractivity contribution is 5.93. The van der Waals surface area contributed by atoms with Crippen LogP contribution in [0.4, 0.5) is 32.0 Å². The van der Waals surface area contributed by atoms with Crippen molar-refractivity contribution in [2.24, 2.45) is 0 Å². The average molecular weight is 457 g/mol. The summed E-state index contributed by atoms with van der Waals surface area (Å²) >= 11 is 0. The molecule has 0 spiro atoms. The van der Waals surface area contributed by atoms with E-state index in [2.05, 4.69) is 10.4 Å². The summed E-state index contributed by atoms with van der Waals surface area (Å²) in [5, 5.41) is 6.88. The van der Waals surface area contributed by atoms with Gasteiger partial charge in [0.2, 0.25) is 0 Å². The normalized spacial score (nSPS) is 12.0. The zero-order valence-corrected chi connectivity index (χ0v) is 16.8. The molecule has 0 unspecified atom stereocenters. The molecule has 0 saturated heterocycles. The van der Waals surface area contributed by atoms with Crippen LogP contribution in [0.3, 0.4) is 0 Å². The molecule has 3 rings (SSSR count). The highest BCUT2D eigenvalue weighted by Gasteiger charge is 2.37. The van der Waals surface area contributed by atoms with Crippen LogP contribution in [0, 0.1) is 13.8 Å². The van der Waals surface area contributed by atoms with Crippen molar-refractivity contribution in [3.63, 3.8) is 0 Å². The lowest BCUT2D eigenvalue weighted by molar-refractivity contribution is -0.143. The number of rotatable bonds is 5. The summed E-state index contributed by atoms with van der Waals surface area (Å²) in [5.74, 6) is -1.49. The van der Waals surface area contributed by atoms with E-state index in [4.69, 9.17) is 4.74 Å². The van der Waals surface area contributed by atoms with E-state index in [1.165, 1.54) is 0 Å². The fraction of sp³-hybridized carbons (Fsp3) is 0.238. The number of alkyl halides is 6. The van der Waals surface area contributed by atoms with Crippen molar-refractivity contribution in [2.75, 3.05) is 11.9 Å². The van der Waals surface area contributed by atoms with Crippen LogP contribution >= 0.6 is 0 Å². The maximum Gasteiger partial charge on any atom is 0.416 e. The number of halogens is 6. The van der Waals surface area contributed by atoms with Crippen LogP contribution in [-0.4, -0.2) is 22.3 Å². The molecule has 0 bridgehead atoms. The van der Waals surface area contributed by atoms with E-state index in [9.17, 15) is 31.1 Å². The lowest BCUT2D eigenvalue weighted by atomic mass is 10.1. The van der Waals surface area contributed by atoms with Gasteiger partial charge in [-0.3, -0.25) is 4.79 Å². The zero-order chi connectivity index (χ0) is 23.7. The summed E-state index contributed by atoms with van der Waals surface area (Å²) in [6.45, 7) is 2.55. The van der Waals surface area contributed by atoms with Crippen LogP contribution in [0.1, 0.15) is 22.5 Å². The molecule has 0 aliphatic rings. The lowest BCUT2D eigenvalue weighted by Gasteiger charge is -2.15. The predicted molar refractivity (Wildman–Crippen MR) is 104 cm³/mol. The van der Waals surface area contributed by atoms with Crippen LogP contribution < -0.4 is 10.1 Å². The first-order valence-electron chi connectivity index (χ1n) is 9.20. The maximum atomic E-state index is 12.9. The molecule has 32 heavy (non-hydrogen) atoms. The second-order valence-corrected chi connectivity index (χ2v) is 6.87. The Morgan fingerprint density at radius 2 is 1.53 bits per heavy atom. The third-order valence-corrected chi connectivity index (χ3v) is 4.49. The van der Waals surface area contributed by atoms with Gasteiger partial charge in [0.05, 0.1) is 33.9 Å². The van der Waals surface area contributed by atoms with Crippen LogP contribution in [0.2, 0.25) is 0 Å². The second kappa shape index (κ2) is 8.56. The van der Waals surface area contributed by atoms with Gasteiger partial charge in [0, 0.05) is 0 Å². The maximum absolute atomic E-state index is 12.9. The second-order valence-electron chi connectivity index (χ2n) is 6.87. The van der Waals surface area contributed by atoms with E-state index in [-0.39, 0.29) is 6.07 Å². The first kappa shape index (κ1) is 23.2. The Hall–Kier alpha value is -3.50. The molecule has 0 saturated carbocycles. The van der Waals surface area contributed by atoms with Crippen molar-refractivity contribution in [2.45, 2.75) is 26.2 Å².